The number of piperidine rings is 1. The molecular weight excluding hydrogens is 196 g/mol. The Balaban J connectivity index is 2.63. The second-order valence-electron chi connectivity index (χ2n) is 4.15. The average Bonchev–Trinajstić information content (AvgIpc) is 2.16. The van der Waals surface area contributed by atoms with Crippen LogP contribution in [0.4, 0.5) is 4.79 Å². The van der Waals surface area contributed by atoms with Gasteiger partial charge in [-0.3, -0.25) is 0 Å². The number of carboxylic acid groups (broad SMARTS) is 1. The number of rotatable bonds is 2. The van der Waals surface area contributed by atoms with Crippen molar-refractivity contribution in [1.82, 2.24) is 10.2 Å². The van der Waals surface area contributed by atoms with Gasteiger partial charge in [-0.1, -0.05) is 0 Å². The van der Waals surface area contributed by atoms with Crippen LogP contribution in [0.3, 0.4) is 0 Å². The molecule has 0 aromatic carbocycles. The summed E-state index contributed by atoms with van der Waals surface area (Å²) in [6.45, 7) is 4.25. The fourth-order valence-corrected chi connectivity index (χ4v) is 1.76. The quantitative estimate of drug-likeness (QED) is 0.721. The van der Waals surface area contributed by atoms with Crippen LogP contribution in [-0.2, 0) is 4.79 Å². The maximum atomic E-state index is 11.7. The summed E-state index contributed by atoms with van der Waals surface area (Å²) >= 11 is 0. The first-order valence-electron chi connectivity index (χ1n) is 5.32. The summed E-state index contributed by atoms with van der Waals surface area (Å²) in [4.78, 5) is 24.0. The molecule has 0 spiro atoms. The molecule has 1 fully saturated rings. The number of aliphatic carboxylic acids is 1. The van der Waals surface area contributed by atoms with E-state index in [1.807, 2.05) is 13.8 Å². The van der Waals surface area contributed by atoms with Crippen LogP contribution in [0.25, 0.3) is 0 Å². The van der Waals surface area contributed by atoms with Gasteiger partial charge in [0.15, 0.2) is 0 Å². The van der Waals surface area contributed by atoms with E-state index in [1.54, 1.807) is 0 Å². The lowest BCUT2D eigenvalue weighted by atomic mass is 10.0. The molecule has 0 bridgehead atoms. The number of hydrogen-bond donors (Lipinski definition) is 2. The van der Waals surface area contributed by atoms with Crippen LogP contribution in [0.5, 0.6) is 0 Å². The van der Waals surface area contributed by atoms with Crippen molar-refractivity contribution >= 4 is 12.0 Å². The third kappa shape index (κ3) is 3.11. The fraction of sp³-hybridized carbons (Fsp3) is 0.800. The lowest BCUT2D eigenvalue weighted by molar-refractivity contribution is -0.143. The van der Waals surface area contributed by atoms with Crippen LogP contribution >= 0.6 is 0 Å². The van der Waals surface area contributed by atoms with Crippen LogP contribution < -0.4 is 5.32 Å². The Bertz CT molecular complexity index is 253. The lowest BCUT2D eigenvalue weighted by Gasteiger charge is -2.33. The van der Waals surface area contributed by atoms with Gasteiger partial charge in [0.05, 0.1) is 0 Å². The number of carbonyl (C=O) groups is 2. The third-order valence-electron chi connectivity index (χ3n) is 2.46. The van der Waals surface area contributed by atoms with E-state index in [0.717, 1.165) is 12.8 Å². The molecule has 0 aromatic rings. The highest BCUT2D eigenvalue weighted by Gasteiger charge is 2.31. The Morgan fingerprint density at radius 1 is 1.40 bits per heavy atom. The van der Waals surface area contributed by atoms with E-state index in [2.05, 4.69) is 5.32 Å². The first-order valence-corrected chi connectivity index (χ1v) is 5.32. The smallest absolute Gasteiger partial charge is 0.326 e. The molecule has 15 heavy (non-hydrogen) atoms. The van der Waals surface area contributed by atoms with Gasteiger partial charge in [0.2, 0.25) is 0 Å². The number of carbonyl (C=O) groups excluding carboxylic acids is 1. The molecule has 0 radical (unpaired) electrons. The van der Waals surface area contributed by atoms with Gasteiger partial charge >= 0.3 is 12.0 Å². The predicted molar refractivity (Wildman–Crippen MR) is 55.6 cm³/mol. The van der Waals surface area contributed by atoms with Gasteiger partial charge in [-0.25, -0.2) is 9.59 Å². The molecule has 1 rings (SSSR count). The summed E-state index contributed by atoms with van der Waals surface area (Å²) in [5.74, 6) is -0.909. The van der Waals surface area contributed by atoms with E-state index < -0.39 is 12.0 Å². The zero-order chi connectivity index (χ0) is 11.4. The minimum atomic E-state index is -0.909. The van der Waals surface area contributed by atoms with Crippen molar-refractivity contribution in [1.29, 1.82) is 0 Å². The number of carboxylic acids is 1. The van der Waals surface area contributed by atoms with Crippen molar-refractivity contribution < 1.29 is 14.7 Å². The predicted octanol–water partition coefficient (Wildman–Crippen LogP) is 1.04. The van der Waals surface area contributed by atoms with Gasteiger partial charge in [0.25, 0.3) is 0 Å². The topological polar surface area (TPSA) is 69.6 Å². The van der Waals surface area contributed by atoms with Crippen molar-refractivity contribution in [3.63, 3.8) is 0 Å². The normalized spacial score (nSPS) is 21.5. The number of nitrogens with zero attached hydrogens (tertiary/aromatic N) is 1. The van der Waals surface area contributed by atoms with E-state index in [9.17, 15) is 9.59 Å². The fourth-order valence-electron chi connectivity index (χ4n) is 1.76. The van der Waals surface area contributed by atoms with Crippen molar-refractivity contribution in [2.75, 3.05) is 6.54 Å². The molecule has 86 valence electrons. The second kappa shape index (κ2) is 5.00. The van der Waals surface area contributed by atoms with Crippen LogP contribution in [0, 0.1) is 0 Å². The summed E-state index contributed by atoms with van der Waals surface area (Å²) in [5, 5.41) is 11.7. The average molecular weight is 214 g/mol. The molecule has 1 atom stereocenters. The monoisotopic (exact) mass is 214 g/mol. The molecule has 1 aliphatic rings. The molecule has 0 aliphatic carbocycles. The molecule has 0 aromatic heterocycles. The van der Waals surface area contributed by atoms with Crippen molar-refractivity contribution in [3.05, 3.63) is 0 Å². The summed E-state index contributed by atoms with van der Waals surface area (Å²) < 4.78 is 0. The van der Waals surface area contributed by atoms with E-state index in [0.29, 0.717) is 13.0 Å². The number of likely N-dealkylation sites (tertiary alicyclic amines) is 1. The Morgan fingerprint density at radius 2 is 2.07 bits per heavy atom. The van der Waals surface area contributed by atoms with Gasteiger partial charge in [-0.2, -0.15) is 0 Å². The third-order valence-corrected chi connectivity index (χ3v) is 2.46. The summed E-state index contributed by atoms with van der Waals surface area (Å²) in [5.41, 5.74) is 0. The molecule has 5 heteroatoms. The zero-order valence-corrected chi connectivity index (χ0v) is 9.19. The van der Waals surface area contributed by atoms with Gasteiger partial charge in [0.1, 0.15) is 6.04 Å². The molecule has 0 unspecified atom stereocenters. The molecule has 1 heterocycles. The first-order chi connectivity index (χ1) is 7.02. The SMILES string of the molecule is CC(C)NC(=O)N1CCCC[C@H]1C(=O)O. The molecule has 5 nitrogen and oxygen atoms in total. The number of nitrogens with one attached hydrogen (secondary N) is 1. The van der Waals surface area contributed by atoms with Crippen molar-refractivity contribution in [2.45, 2.75) is 45.2 Å². The largest absolute Gasteiger partial charge is 0.480 e. The highest BCUT2D eigenvalue weighted by molar-refractivity contribution is 5.82. The number of urea groups is 1. The van der Waals surface area contributed by atoms with Gasteiger partial charge in [-0.05, 0) is 33.1 Å². The standard InChI is InChI=1S/C10H18N2O3/c1-7(2)11-10(15)12-6-4-3-5-8(12)9(13)14/h7-8H,3-6H2,1-2H3,(H,11,15)(H,13,14)/t8-/m0/s1. The molecule has 1 aliphatic heterocycles. The Morgan fingerprint density at radius 3 is 2.60 bits per heavy atom. The van der Waals surface area contributed by atoms with Crippen LogP contribution in [0.1, 0.15) is 33.1 Å². The van der Waals surface area contributed by atoms with Crippen LogP contribution in [-0.4, -0.2) is 40.6 Å². The highest BCUT2D eigenvalue weighted by Crippen LogP contribution is 2.17. The van der Waals surface area contributed by atoms with E-state index in [1.165, 1.54) is 4.90 Å². The molecule has 2 N–H and O–H groups in total. The van der Waals surface area contributed by atoms with Crippen LogP contribution in [0.15, 0.2) is 0 Å². The molecule has 1 saturated heterocycles. The Labute approximate surface area is 89.4 Å². The summed E-state index contributed by atoms with van der Waals surface area (Å²) in [6, 6.07) is -0.886. The minimum absolute atomic E-state index is 0.0360. The van der Waals surface area contributed by atoms with Gasteiger partial charge < -0.3 is 15.3 Å². The van der Waals surface area contributed by atoms with E-state index >= 15 is 0 Å². The summed E-state index contributed by atoms with van der Waals surface area (Å²) in [7, 11) is 0. The highest BCUT2D eigenvalue weighted by atomic mass is 16.4. The maximum absolute atomic E-state index is 11.7. The maximum Gasteiger partial charge on any atom is 0.326 e. The molecular formula is C10H18N2O3. The summed E-state index contributed by atoms with van der Waals surface area (Å²) in [6.07, 6.45) is 2.32. The molecule has 0 saturated carbocycles. The zero-order valence-electron chi connectivity index (χ0n) is 9.19. The lowest BCUT2D eigenvalue weighted by Crippen LogP contribution is -2.53. The Kier molecular flexibility index (Phi) is 3.94. The second-order valence-corrected chi connectivity index (χ2v) is 4.15. The van der Waals surface area contributed by atoms with Crippen LogP contribution in [0.2, 0.25) is 0 Å². The van der Waals surface area contributed by atoms with Gasteiger partial charge in [0, 0.05) is 12.6 Å². The van der Waals surface area contributed by atoms with Gasteiger partial charge in [-0.15, -0.1) is 0 Å². The van der Waals surface area contributed by atoms with Crippen molar-refractivity contribution in [2.24, 2.45) is 0 Å². The number of amides is 2. The van der Waals surface area contributed by atoms with Crippen molar-refractivity contribution in [3.8, 4) is 0 Å². The van der Waals surface area contributed by atoms with E-state index in [4.69, 9.17) is 5.11 Å². The Hall–Kier alpha value is -1.26. The number of hydrogen-bond acceptors (Lipinski definition) is 2. The first kappa shape index (κ1) is 11.8. The van der Waals surface area contributed by atoms with E-state index in [-0.39, 0.29) is 12.1 Å². The minimum Gasteiger partial charge on any atom is -0.480 e. The molecule has 2 amide bonds.